The standard InChI is InChI=1S/C28H34N4O3/c1-2-3-4-5-6-7-16-35-26-18-20(27(33)31-24-12-8-22(29)9-13-24)17-21(19-26)28(34)32-25-14-10-23(30)11-15-25/h8-15,17-19H,2-7,16,29-30H2,1H3,(H,31,33)(H,32,34). The Labute approximate surface area is 206 Å². The Hall–Kier alpha value is -4.00. The topological polar surface area (TPSA) is 119 Å². The van der Waals surface area contributed by atoms with Gasteiger partial charge in [-0.1, -0.05) is 39.0 Å². The predicted octanol–water partition coefficient (Wildman–Crippen LogP) is 6.09. The molecule has 3 aromatic rings. The van der Waals surface area contributed by atoms with E-state index in [0.29, 0.717) is 46.2 Å². The monoisotopic (exact) mass is 474 g/mol. The number of hydrogen-bond acceptors (Lipinski definition) is 5. The molecule has 3 rings (SSSR count). The lowest BCUT2D eigenvalue weighted by molar-refractivity contribution is 0.102. The minimum Gasteiger partial charge on any atom is -0.494 e. The minimum atomic E-state index is -0.346. The number of hydrogen-bond donors (Lipinski definition) is 4. The summed E-state index contributed by atoms with van der Waals surface area (Å²) in [6, 6.07) is 18.6. The summed E-state index contributed by atoms with van der Waals surface area (Å²) in [5.41, 5.74) is 14.5. The molecule has 7 nitrogen and oxygen atoms in total. The maximum absolute atomic E-state index is 13.0. The normalized spacial score (nSPS) is 10.5. The highest BCUT2D eigenvalue weighted by molar-refractivity contribution is 6.09. The van der Waals surface area contributed by atoms with Crippen LogP contribution >= 0.6 is 0 Å². The highest BCUT2D eigenvalue weighted by Gasteiger charge is 2.15. The van der Waals surface area contributed by atoms with Crippen LogP contribution in [0.3, 0.4) is 0 Å². The van der Waals surface area contributed by atoms with Gasteiger partial charge in [-0.15, -0.1) is 0 Å². The zero-order valence-electron chi connectivity index (χ0n) is 20.2. The molecule has 0 fully saturated rings. The second kappa shape index (κ2) is 13.0. The molecule has 0 aliphatic rings. The van der Waals surface area contributed by atoms with Gasteiger partial charge >= 0.3 is 0 Å². The van der Waals surface area contributed by atoms with Gasteiger partial charge in [0.05, 0.1) is 6.61 Å². The zero-order valence-corrected chi connectivity index (χ0v) is 20.2. The number of anilines is 4. The lowest BCUT2D eigenvalue weighted by Crippen LogP contribution is -2.16. The van der Waals surface area contributed by atoms with Crippen molar-refractivity contribution in [2.24, 2.45) is 0 Å². The largest absolute Gasteiger partial charge is 0.494 e. The van der Waals surface area contributed by atoms with Crippen molar-refractivity contribution in [2.45, 2.75) is 45.4 Å². The summed E-state index contributed by atoms with van der Waals surface area (Å²) < 4.78 is 5.93. The molecule has 0 unspecified atom stereocenters. The Balaban J connectivity index is 1.73. The molecule has 6 N–H and O–H groups in total. The van der Waals surface area contributed by atoms with Crippen LogP contribution in [0.15, 0.2) is 66.7 Å². The van der Waals surface area contributed by atoms with Gasteiger partial charge in [0.2, 0.25) is 0 Å². The molecule has 7 heteroatoms. The van der Waals surface area contributed by atoms with Crippen LogP contribution in [-0.2, 0) is 0 Å². The molecule has 0 spiro atoms. The van der Waals surface area contributed by atoms with Crippen molar-refractivity contribution in [3.63, 3.8) is 0 Å². The third kappa shape index (κ3) is 8.37. The summed E-state index contributed by atoms with van der Waals surface area (Å²) in [7, 11) is 0. The van der Waals surface area contributed by atoms with Crippen molar-refractivity contribution in [3.05, 3.63) is 77.9 Å². The van der Waals surface area contributed by atoms with Crippen molar-refractivity contribution < 1.29 is 14.3 Å². The Morgan fingerprint density at radius 3 is 1.63 bits per heavy atom. The first-order chi connectivity index (χ1) is 16.9. The molecule has 184 valence electrons. The van der Waals surface area contributed by atoms with Gasteiger partial charge in [0.25, 0.3) is 11.8 Å². The van der Waals surface area contributed by atoms with Crippen molar-refractivity contribution in [1.29, 1.82) is 0 Å². The number of unbranched alkanes of at least 4 members (excludes halogenated alkanes) is 5. The summed E-state index contributed by atoms with van der Waals surface area (Å²) in [6.45, 7) is 2.72. The van der Waals surface area contributed by atoms with Gasteiger partial charge in [0.15, 0.2) is 0 Å². The first-order valence-electron chi connectivity index (χ1n) is 12.1. The summed E-state index contributed by atoms with van der Waals surface area (Å²) in [4.78, 5) is 25.9. The molecule has 2 amide bonds. The molecule has 0 saturated carbocycles. The van der Waals surface area contributed by atoms with Crippen LogP contribution in [-0.4, -0.2) is 18.4 Å². The number of carbonyl (C=O) groups excluding carboxylic acids is 2. The Morgan fingerprint density at radius 2 is 1.14 bits per heavy atom. The van der Waals surface area contributed by atoms with E-state index in [0.717, 1.165) is 12.8 Å². The summed E-state index contributed by atoms with van der Waals surface area (Å²) in [6.07, 6.45) is 6.87. The smallest absolute Gasteiger partial charge is 0.255 e. The van der Waals surface area contributed by atoms with Crippen LogP contribution in [0.5, 0.6) is 5.75 Å². The van der Waals surface area contributed by atoms with E-state index in [1.807, 2.05) is 0 Å². The molecule has 35 heavy (non-hydrogen) atoms. The highest BCUT2D eigenvalue weighted by atomic mass is 16.5. The molecule has 0 radical (unpaired) electrons. The van der Waals surface area contributed by atoms with Gasteiger partial charge in [0.1, 0.15) is 5.75 Å². The van der Waals surface area contributed by atoms with E-state index in [-0.39, 0.29) is 11.8 Å². The Morgan fingerprint density at radius 1 is 0.686 bits per heavy atom. The minimum absolute atomic E-state index is 0.324. The molecule has 0 bridgehead atoms. The average molecular weight is 475 g/mol. The van der Waals surface area contributed by atoms with Gasteiger partial charge in [-0.25, -0.2) is 0 Å². The van der Waals surface area contributed by atoms with Crippen molar-refractivity contribution in [1.82, 2.24) is 0 Å². The molecule has 0 aliphatic heterocycles. The number of amides is 2. The van der Waals surface area contributed by atoms with Crippen LogP contribution in [0.2, 0.25) is 0 Å². The van der Waals surface area contributed by atoms with E-state index in [1.54, 1.807) is 66.7 Å². The van der Waals surface area contributed by atoms with Gasteiger partial charge in [-0.3, -0.25) is 9.59 Å². The zero-order chi connectivity index (χ0) is 25.0. The lowest BCUT2D eigenvalue weighted by Gasteiger charge is -2.12. The highest BCUT2D eigenvalue weighted by Crippen LogP contribution is 2.22. The molecule has 0 heterocycles. The number of nitrogens with one attached hydrogen (secondary N) is 2. The quantitative estimate of drug-likeness (QED) is 0.187. The molecule has 3 aromatic carbocycles. The van der Waals surface area contributed by atoms with E-state index in [2.05, 4.69) is 17.6 Å². The molecular formula is C28H34N4O3. The predicted molar refractivity (Wildman–Crippen MR) is 143 cm³/mol. The number of rotatable bonds is 12. The molecule has 0 atom stereocenters. The second-order valence-corrected chi connectivity index (χ2v) is 8.51. The number of nitrogen functional groups attached to an aromatic ring is 2. The Kier molecular flexibility index (Phi) is 9.54. The number of benzene rings is 3. The van der Waals surface area contributed by atoms with Crippen molar-refractivity contribution in [2.75, 3.05) is 28.7 Å². The number of carbonyl (C=O) groups is 2. The molecular weight excluding hydrogens is 440 g/mol. The Bertz CT molecular complexity index is 1030. The third-order valence-electron chi connectivity index (χ3n) is 5.53. The van der Waals surface area contributed by atoms with Crippen LogP contribution in [0.4, 0.5) is 22.7 Å². The van der Waals surface area contributed by atoms with E-state index in [9.17, 15) is 9.59 Å². The van der Waals surface area contributed by atoms with Gasteiger partial charge in [-0.05, 0) is 73.2 Å². The second-order valence-electron chi connectivity index (χ2n) is 8.51. The van der Waals surface area contributed by atoms with E-state index < -0.39 is 0 Å². The third-order valence-corrected chi connectivity index (χ3v) is 5.53. The number of ether oxygens (including phenoxy) is 1. The van der Waals surface area contributed by atoms with Crippen molar-refractivity contribution in [3.8, 4) is 5.75 Å². The van der Waals surface area contributed by atoms with Crippen LogP contribution in [0.1, 0.15) is 66.2 Å². The summed E-state index contributed by atoms with van der Waals surface area (Å²) in [5.74, 6) is -0.214. The van der Waals surface area contributed by atoms with Gasteiger partial charge in [-0.2, -0.15) is 0 Å². The van der Waals surface area contributed by atoms with Crippen molar-refractivity contribution >= 4 is 34.6 Å². The van der Waals surface area contributed by atoms with Crippen LogP contribution < -0.4 is 26.8 Å². The lowest BCUT2D eigenvalue weighted by atomic mass is 10.1. The molecule has 0 saturated heterocycles. The molecule has 0 aliphatic carbocycles. The number of nitrogens with two attached hydrogens (primary N) is 2. The maximum Gasteiger partial charge on any atom is 0.255 e. The van der Waals surface area contributed by atoms with Gasteiger partial charge in [0, 0.05) is 33.9 Å². The fourth-order valence-corrected chi connectivity index (χ4v) is 3.56. The van der Waals surface area contributed by atoms with E-state index in [1.165, 1.54) is 25.7 Å². The fourth-order valence-electron chi connectivity index (χ4n) is 3.56. The summed E-state index contributed by atoms with van der Waals surface area (Å²) >= 11 is 0. The van der Waals surface area contributed by atoms with Crippen LogP contribution in [0.25, 0.3) is 0 Å². The summed E-state index contributed by atoms with van der Waals surface area (Å²) in [5, 5.41) is 5.67. The first kappa shape index (κ1) is 25.6. The SMILES string of the molecule is CCCCCCCCOc1cc(C(=O)Nc2ccc(N)cc2)cc(C(=O)Nc2ccc(N)cc2)c1. The van der Waals surface area contributed by atoms with E-state index >= 15 is 0 Å². The average Bonchev–Trinajstić information content (AvgIpc) is 2.86. The fraction of sp³-hybridized carbons (Fsp3) is 0.286. The first-order valence-corrected chi connectivity index (χ1v) is 12.1. The van der Waals surface area contributed by atoms with Crippen LogP contribution in [0, 0.1) is 0 Å². The maximum atomic E-state index is 13.0. The molecule has 0 aromatic heterocycles. The van der Waals surface area contributed by atoms with E-state index in [4.69, 9.17) is 16.2 Å². The van der Waals surface area contributed by atoms with Gasteiger partial charge < -0.3 is 26.8 Å².